The predicted molar refractivity (Wildman–Crippen MR) is 94.6 cm³/mol. The fraction of sp³-hybridized carbons (Fsp3) is 0.611. The zero-order chi connectivity index (χ0) is 15.1. The van der Waals surface area contributed by atoms with Gasteiger partial charge in [-0.2, -0.15) is 0 Å². The third kappa shape index (κ3) is 5.62. The Kier molecular flexibility index (Phi) is 7.91. The lowest BCUT2D eigenvalue weighted by molar-refractivity contribution is -0.122. The van der Waals surface area contributed by atoms with Gasteiger partial charge in [-0.25, -0.2) is 0 Å². The van der Waals surface area contributed by atoms with E-state index in [0.29, 0.717) is 12.3 Å². The average Bonchev–Trinajstić information content (AvgIpc) is 2.52. The number of halogens is 1. The molecule has 0 radical (unpaired) electrons. The number of hydrogen-bond acceptors (Lipinski definition) is 2. The van der Waals surface area contributed by atoms with Crippen molar-refractivity contribution in [3.8, 4) is 0 Å². The van der Waals surface area contributed by atoms with Gasteiger partial charge in [-0.1, -0.05) is 44.2 Å². The average molecular weight is 325 g/mol. The third-order valence-corrected chi connectivity index (χ3v) is 4.72. The molecular formula is C18H29ClN2O. The Hall–Kier alpha value is -1.06. The van der Waals surface area contributed by atoms with Gasteiger partial charge in [-0.05, 0) is 49.2 Å². The molecule has 1 fully saturated rings. The smallest absolute Gasteiger partial charge is 0.220 e. The molecule has 1 atom stereocenters. The summed E-state index contributed by atoms with van der Waals surface area (Å²) < 4.78 is 0. The molecule has 2 N–H and O–H groups in total. The zero-order valence-electron chi connectivity index (χ0n) is 13.7. The van der Waals surface area contributed by atoms with Crippen molar-refractivity contribution in [2.75, 3.05) is 19.6 Å². The maximum atomic E-state index is 12.2. The van der Waals surface area contributed by atoms with Crippen molar-refractivity contribution in [1.29, 1.82) is 0 Å². The molecule has 1 aromatic carbocycles. The summed E-state index contributed by atoms with van der Waals surface area (Å²) in [5.41, 5.74) is 1.53. The van der Waals surface area contributed by atoms with E-state index in [2.05, 4.69) is 36.6 Å². The normalized spacial score (nSPS) is 18.1. The quantitative estimate of drug-likeness (QED) is 0.841. The zero-order valence-corrected chi connectivity index (χ0v) is 14.5. The van der Waals surface area contributed by atoms with E-state index in [-0.39, 0.29) is 23.7 Å². The van der Waals surface area contributed by atoms with Crippen LogP contribution in [0.4, 0.5) is 0 Å². The molecule has 0 aromatic heterocycles. The maximum absolute atomic E-state index is 12.2. The molecule has 0 bridgehead atoms. The van der Waals surface area contributed by atoms with Crippen molar-refractivity contribution < 1.29 is 4.79 Å². The van der Waals surface area contributed by atoms with E-state index in [4.69, 9.17) is 0 Å². The Morgan fingerprint density at radius 1 is 1.27 bits per heavy atom. The van der Waals surface area contributed by atoms with Crippen molar-refractivity contribution in [1.82, 2.24) is 10.6 Å². The first-order chi connectivity index (χ1) is 10.1. The van der Waals surface area contributed by atoms with Gasteiger partial charge in [0, 0.05) is 13.0 Å². The second-order valence-corrected chi connectivity index (χ2v) is 6.56. The second-order valence-electron chi connectivity index (χ2n) is 6.56. The third-order valence-electron chi connectivity index (χ3n) is 4.72. The van der Waals surface area contributed by atoms with Crippen LogP contribution < -0.4 is 10.6 Å². The number of hydrogen-bond donors (Lipinski definition) is 2. The molecule has 0 spiro atoms. The summed E-state index contributed by atoms with van der Waals surface area (Å²) in [4.78, 5) is 12.2. The van der Waals surface area contributed by atoms with Gasteiger partial charge >= 0.3 is 0 Å². The Morgan fingerprint density at radius 2 is 1.91 bits per heavy atom. The summed E-state index contributed by atoms with van der Waals surface area (Å²) in [5.74, 6) is 0.512. The Labute approximate surface area is 140 Å². The Balaban J connectivity index is 0.00000242. The molecule has 0 saturated carbocycles. The lowest BCUT2D eigenvalue weighted by Gasteiger charge is -2.34. The molecule has 2 rings (SSSR count). The maximum Gasteiger partial charge on any atom is 0.220 e. The first-order valence-electron chi connectivity index (χ1n) is 8.15. The molecule has 3 nitrogen and oxygen atoms in total. The molecule has 1 heterocycles. The standard InChI is InChI=1S/C18H28N2O.ClH/c1-3-15(16-7-5-4-6-8-16)13-17(21)20-14-18(2)9-11-19-12-10-18;/h4-8,15,19H,3,9-14H2,1-2H3,(H,20,21);1H. The van der Waals surface area contributed by atoms with Crippen LogP contribution in [0.2, 0.25) is 0 Å². The molecule has 1 unspecified atom stereocenters. The first-order valence-corrected chi connectivity index (χ1v) is 8.15. The second kappa shape index (κ2) is 9.16. The summed E-state index contributed by atoms with van der Waals surface area (Å²) >= 11 is 0. The van der Waals surface area contributed by atoms with Gasteiger partial charge in [0.05, 0.1) is 0 Å². The molecule has 1 amide bonds. The van der Waals surface area contributed by atoms with Crippen LogP contribution in [0.3, 0.4) is 0 Å². The van der Waals surface area contributed by atoms with E-state index in [1.165, 1.54) is 5.56 Å². The van der Waals surface area contributed by atoms with Crippen LogP contribution >= 0.6 is 12.4 Å². The highest BCUT2D eigenvalue weighted by molar-refractivity contribution is 5.85. The van der Waals surface area contributed by atoms with Crippen LogP contribution in [-0.4, -0.2) is 25.5 Å². The van der Waals surface area contributed by atoms with Gasteiger partial charge in [0.25, 0.3) is 0 Å². The minimum absolute atomic E-state index is 0. The molecule has 4 heteroatoms. The van der Waals surface area contributed by atoms with Gasteiger partial charge < -0.3 is 10.6 Å². The highest BCUT2D eigenvalue weighted by atomic mass is 35.5. The Morgan fingerprint density at radius 3 is 2.50 bits per heavy atom. The first kappa shape index (κ1) is 19.0. The molecule has 124 valence electrons. The fourth-order valence-electron chi connectivity index (χ4n) is 3.04. The largest absolute Gasteiger partial charge is 0.356 e. The van der Waals surface area contributed by atoms with Crippen LogP contribution in [0, 0.1) is 5.41 Å². The van der Waals surface area contributed by atoms with Crippen molar-refractivity contribution in [2.45, 2.75) is 45.4 Å². The van der Waals surface area contributed by atoms with Crippen LogP contribution in [0.1, 0.15) is 51.0 Å². The molecular weight excluding hydrogens is 296 g/mol. The van der Waals surface area contributed by atoms with Crippen molar-refractivity contribution in [2.24, 2.45) is 5.41 Å². The van der Waals surface area contributed by atoms with Crippen LogP contribution in [0.25, 0.3) is 0 Å². The SMILES string of the molecule is CCC(CC(=O)NCC1(C)CCNCC1)c1ccccc1.Cl. The van der Waals surface area contributed by atoms with Gasteiger partial charge in [-0.15, -0.1) is 12.4 Å². The van der Waals surface area contributed by atoms with Crippen LogP contribution in [-0.2, 0) is 4.79 Å². The number of amides is 1. The van der Waals surface area contributed by atoms with E-state index in [1.54, 1.807) is 0 Å². The minimum Gasteiger partial charge on any atom is -0.356 e. The van der Waals surface area contributed by atoms with Gasteiger partial charge in [0.1, 0.15) is 0 Å². The number of benzene rings is 1. The Bertz CT molecular complexity index is 444. The molecule has 22 heavy (non-hydrogen) atoms. The topological polar surface area (TPSA) is 41.1 Å². The van der Waals surface area contributed by atoms with Crippen molar-refractivity contribution >= 4 is 18.3 Å². The fourth-order valence-corrected chi connectivity index (χ4v) is 3.04. The molecule has 0 aliphatic carbocycles. The van der Waals surface area contributed by atoms with Crippen LogP contribution in [0.15, 0.2) is 30.3 Å². The number of carbonyl (C=O) groups excluding carboxylic acids is 1. The lowest BCUT2D eigenvalue weighted by atomic mass is 9.81. The van der Waals surface area contributed by atoms with Gasteiger partial charge in [-0.3, -0.25) is 4.79 Å². The monoisotopic (exact) mass is 324 g/mol. The van der Waals surface area contributed by atoms with Crippen LogP contribution in [0.5, 0.6) is 0 Å². The summed E-state index contributed by atoms with van der Waals surface area (Å²) in [6, 6.07) is 10.4. The highest BCUT2D eigenvalue weighted by Gasteiger charge is 2.27. The number of rotatable bonds is 6. The summed E-state index contributed by atoms with van der Waals surface area (Å²) in [6.07, 6.45) is 3.87. The highest BCUT2D eigenvalue weighted by Crippen LogP contribution is 2.27. The number of nitrogens with one attached hydrogen (secondary N) is 2. The van der Waals surface area contributed by atoms with E-state index >= 15 is 0 Å². The summed E-state index contributed by atoms with van der Waals surface area (Å²) in [5, 5.41) is 6.54. The van der Waals surface area contributed by atoms with Crippen molar-refractivity contribution in [3.05, 3.63) is 35.9 Å². The summed E-state index contributed by atoms with van der Waals surface area (Å²) in [7, 11) is 0. The van der Waals surface area contributed by atoms with E-state index in [9.17, 15) is 4.79 Å². The van der Waals surface area contributed by atoms with Gasteiger partial charge in [0.2, 0.25) is 5.91 Å². The molecule has 1 aliphatic heterocycles. The molecule has 1 saturated heterocycles. The van der Waals surface area contributed by atoms with E-state index in [1.807, 2.05) is 18.2 Å². The van der Waals surface area contributed by atoms with E-state index in [0.717, 1.165) is 38.9 Å². The lowest BCUT2D eigenvalue weighted by Crippen LogP contribution is -2.43. The minimum atomic E-state index is 0. The van der Waals surface area contributed by atoms with Gasteiger partial charge in [0.15, 0.2) is 0 Å². The predicted octanol–water partition coefficient (Wildman–Crippen LogP) is 3.50. The van der Waals surface area contributed by atoms with Crippen molar-refractivity contribution in [3.63, 3.8) is 0 Å². The molecule has 1 aromatic rings. The number of piperidine rings is 1. The molecule has 1 aliphatic rings. The number of carbonyl (C=O) groups is 1. The summed E-state index contributed by atoms with van der Waals surface area (Å²) in [6.45, 7) is 7.36. The van der Waals surface area contributed by atoms with E-state index < -0.39 is 0 Å².